The molecule has 0 aromatic heterocycles. The van der Waals surface area contributed by atoms with Gasteiger partial charge in [-0.05, 0) is 42.1 Å². The first-order chi connectivity index (χ1) is 18.3. The number of aliphatic hydroxyl groups is 1. The number of hydrogen-bond donors (Lipinski definition) is 3. The van der Waals surface area contributed by atoms with Gasteiger partial charge in [0.25, 0.3) is 0 Å². The summed E-state index contributed by atoms with van der Waals surface area (Å²) in [5.41, 5.74) is 5.95. The van der Waals surface area contributed by atoms with Crippen molar-refractivity contribution in [3.8, 4) is 0 Å². The summed E-state index contributed by atoms with van der Waals surface area (Å²) in [5, 5.41) is 13.9. The molecule has 35 heavy (non-hydrogen) atoms. The zero-order valence-electron chi connectivity index (χ0n) is 23.9. The predicted molar refractivity (Wildman–Crippen MR) is 133 cm³/mol. The van der Waals surface area contributed by atoms with Gasteiger partial charge in [-0.1, -0.05) is 44.2 Å². The average Bonchev–Trinajstić information content (AvgIpc) is 3.38. The van der Waals surface area contributed by atoms with Crippen LogP contribution < -0.4 is 11.1 Å². The number of nitrogens with two attached hydrogens (primary N) is 1. The topological polar surface area (TPSA) is 131 Å². The maximum atomic E-state index is 13.7. The van der Waals surface area contributed by atoms with Crippen molar-refractivity contribution in [2.75, 3.05) is 32.0 Å². The Kier molecular flexibility index (Phi) is 7.62. The fourth-order valence-corrected chi connectivity index (χ4v) is 5.14. The molecule has 0 radical (unpaired) electrons. The third kappa shape index (κ3) is 7.93. The SMILES string of the molecule is [2H]c1c([2H])c(S(=O)(=O)N(CC(C)C)C[C@@H](O)[C@H](Cc2ccccc2)NC(=O)O[C@H]2CCOC2)c([2H])c([2H])c1N. The molecule has 0 aliphatic carbocycles. The van der Waals surface area contributed by atoms with E-state index in [-0.39, 0.29) is 25.5 Å². The Morgan fingerprint density at radius 2 is 1.94 bits per heavy atom. The van der Waals surface area contributed by atoms with Crippen LogP contribution in [0.1, 0.15) is 31.3 Å². The molecule has 1 amide bonds. The van der Waals surface area contributed by atoms with Gasteiger partial charge in [0.05, 0.1) is 35.7 Å². The molecular weight excluding hydrogens is 470 g/mol. The number of sulfonamides is 1. The van der Waals surface area contributed by atoms with Gasteiger partial charge in [-0.2, -0.15) is 4.31 Å². The number of rotatable bonds is 11. The smallest absolute Gasteiger partial charge is 0.407 e. The molecule has 2 aromatic carbocycles. The molecule has 192 valence electrons. The summed E-state index contributed by atoms with van der Waals surface area (Å²) in [6.07, 6.45) is -1.91. The number of nitrogens with zero attached hydrogens (tertiary/aromatic N) is 1. The Morgan fingerprint density at radius 1 is 1.26 bits per heavy atom. The highest BCUT2D eigenvalue weighted by atomic mass is 32.2. The van der Waals surface area contributed by atoms with E-state index in [2.05, 4.69) is 5.32 Å². The number of alkyl carbamates (subject to hydrolysis) is 1. The summed E-state index contributed by atoms with van der Waals surface area (Å²) in [6, 6.07) is 5.15. The first-order valence-corrected chi connectivity index (χ1v) is 12.9. The lowest BCUT2D eigenvalue weighted by molar-refractivity contribution is 0.0644. The standard InChI is InChI=1S/C25H35N3O6S/c1-18(2)15-28(35(31,32)22-10-8-20(26)9-11-22)16-24(29)23(14-19-6-4-3-5-7-19)27-25(30)34-21-12-13-33-17-21/h3-11,18,21,23-24,29H,12-17,26H2,1-2H3,(H,27,30)/t21-,23-,24+/m0/s1/i8D,9D,10D,11D. The fourth-order valence-electron chi connectivity index (χ4n) is 3.68. The van der Waals surface area contributed by atoms with Crippen LogP contribution in [0.5, 0.6) is 0 Å². The number of benzene rings is 2. The Morgan fingerprint density at radius 3 is 2.54 bits per heavy atom. The Balaban J connectivity index is 1.92. The Bertz CT molecular complexity index is 1230. The number of ether oxygens (including phenoxy) is 2. The molecule has 1 aliphatic heterocycles. The van der Waals surface area contributed by atoms with Gasteiger partial charge >= 0.3 is 6.09 Å². The second-order valence-electron chi connectivity index (χ2n) is 8.86. The van der Waals surface area contributed by atoms with Crippen molar-refractivity contribution in [3.05, 3.63) is 60.1 Å². The summed E-state index contributed by atoms with van der Waals surface area (Å²) in [4.78, 5) is 11.8. The van der Waals surface area contributed by atoms with Crippen molar-refractivity contribution >= 4 is 21.8 Å². The molecule has 3 rings (SSSR count). The molecule has 9 nitrogen and oxygen atoms in total. The molecule has 1 fully saturated rings. The van der Waals surface area contributed by atoms with Crippen molar-refractivity contribution in [1.82, 2.24) is 9.62 Å². The third-order valence-corrected chi connectivity index (χ3v) is 7.10. The highest BCUT2D eigenvalue weighted by molar-refractivity contribution is 7.89. The number of aliphatic hydroxyl groups excluding tert-OH is 1. The van der Waals surface area contributed by atoms with Crippen LogP contribution in [0, 0.1) is 5.92 Å². The molecule has 3 atom stereocenters. The summed E-state index contributed by atoms with van der Waals surface area (Å²) in [7, 11) is -4.63. The molecule has 1 heterocycles. The van der Waals surface area contributed by atoms with Crippen LogP contribution in [0.15, 0.2) is 59.4 Å². The summed E-state index contributed by atoms with van der Waals surface area (Å²) >= 11 is 0. The lowest BCUT2D eigenvalue weighted by Gasteiger charge is -2.30. The molecule has 0 spiro atoms. The number of anilines is 1. The summed E-state index contributed by atoms with van der Waals surface area (Å²) < 4.78 is 71.3. The van der Waals surface area contributed by atoms with E-state index in [1.165, 1.54) is 0 Å². The normalized spacial score (nSPS) is 19.5. The number of carbonyl (C=O) groups excluding carboxylic acids is 1. The van der Waals surface area contributed by atoms with Crippen molar-refractivity contribution in [1.29, 1.82) is 0 Å². The predicted octanol–water partition coefficient (Wildman–Crippen LogP) is 2.40. The minimum Gasteiger partial charge on any atom is -0.444 e. The number of amides is 1. The first kappa shape index (κ1) is 21.6. The maximum Gasteiger partial charge on any atom is 0.407 e. The number of nitrogen functional groups attached to an aromatic ring is 1. The van der Waals surface area contributed by atoms with Crippen LogP contribution in [-0.4, -0.2) is 68.5 Å². The highest BCUT2D eigenvalue weighted by Gasteiger charge is 2.32. The Labute approximate surface area is 212 Å². The van der Waals surface area contributed by atoms with E-state index < -0.39 is 75.7 Å². The van der Waals surface area contributed by atoms with E-state index in [0.29, 0.717) is 13.0 Å². The van der Waals surface area contributed by atoms with E-state index in [4.69, 9.17) is 20.7 Å². The minimum atomic E-state index is -4.63. The van der Waals surface area contributed by atoms with Gasteiger partial charge in [0, 0.05) is 25.2 Å². The van der Waals surface area contributed by atoms with Crippen molar-refractivity contribution < 1.29 is 33.3 Å². The van der Waals surface area contributed by atoms with Crippen LogP contribution in [-0.2, 0) is 25.9 Å². The number of nitrogens with one attached hydrogen (secondary N) is 1. The fraction of sp³-hybridized carbons (Fsp3) is 0.480. The van der Waals surface area contributed by atoms with E-state index in [1.54, 1.807) is 38.1 Å². The molecule has 10 heteroatoms. The second kappa shape index (κ2) is 12.3. The van der Waals surface area contributed by atoms with Gasteiger partial charge in [0.2, 0.25) is 10.0 Å². The molecular formula is C25H35N3O6S. The average molecular weight is 510 g/mol. The van der Waals surface area contributed by atoms with Gasteiger partial charge in [-0.15, -0.1) is 0 Å². The monoisotopic (exact) mass is 509 g/mol. The zero-order valence-corrected chi connectivity index (χ0v) is 20.7. The summed E-state index contributed by atoms with van der Waals surface area (Å²) in [6.45, 7) is 3.67. The Hall–Kier alpha value is -2.66. The number of hydrogen-bond acceptors (Lipinski definition) is 7. The largest absolute Gasteiger partial charge is 0.444 e. The zero-order chi connectivity index (χ0) is 28.9. The van der Waals surface area contributed by atoms with Crippen LogP contribution in [0.25, 0.3) is 0 Å². The molecule has 0 saturated carbocycles. The molecule has 1 saturated heterocycles. The van der Waals surface area contributed by atoms with E-state index in [1.807, 2.05) is 6.07 Å². The van der Waals surface area contributed by atoms with E-state index >= 15 is 0 Å². The van der Waals surface area contributed by atoms with E-state index in [9.17, 15) is 18.3 Å². The third-order valence-electron chi connectivity index (χ3n) is 5.41. The van der Waals surface area contributed by atoms with Gasteiger partial charge in [-0.3, -0.25) is 0 Å². The molecule has 0 unspecified atom stereocenters. The van der Waals surface area contributed by atoms with Gasteiger partial charge in [0.15, 0.2) is 0 Å². The summed E-state index contributed by atoms with van der Waals surface area (Å²) in [5.74, 6) is -0.220. The van der Waals surface area contributed by atoms with Crippen molar-refractivity contribution in [2.45, 2.75) is 49.8 Å². The van der Waals surface area contributed by atoms with E-state index in [0.717, 1.165) is 9.87 Å². The quantitative estimate of drug-likeness (QED) is 0.396. The van der Waals surface area contributed by atoms with Gasteiger partial charge in [-0.25, -0.2) is 13.2 Å². The second-order valence-corrected chi connectivity index (χ2v) is 10.7. The van der Waals surface area contributed by atoms with Crippen LogP contribution in [0.4, 0.5) is 10.5 Å². The van der Waals surface area contributed by atoms with Crippen molar-refractivity contribution in [2.24, 2.45) is 5.92 Å². The van der Waals surface area contributed by atoms with Gasteiger partial charge in [0.1, 0.15) is 6.10 Å². The molecule has 2 aromatic rings. The number of carbonyl (C=O) groups is 1. The first-order valence-electron chi connectivity index (χ1n) is 13.5. The van der Waals surface area contributed by atoms with Crippen LogP contribution in [0.2, 0.25) is 0 Å². The molecule has 4 N–H and O–H groups in total. The van der Waals surface area contributed by atoms with Gasteiger partial charge < -0.3 is 25.6 Å². The lowest BCUT2D eigenvalue weighted by Crippen LogP contribution is -2.51. The van der Waals surface area contributed by atoms with Crippen LogP contribution in [0.3, 0.4) is 0 Å². The minimum absolute atomic E-state index is 0.0920. The molecule has 0 bridgehead atoms. The lowest BCUT2D eigenvalue weighted by atomic mass is 10.0. The van der Waals surface area contributed by atoms with Crippen molar-refractivity contribution in [3.63, 3.8) is 0 Å². The maximum absolute atomic E-state index is 13.7. The van der Waals surface area contributed by atoms with Crippen LogP contribution >= 0.6 is 0 Å². The highest BCUT2D eigenvalue weighted by Crippen LogP contribution is 2.20. The molecule has 1 aliphatic rings.